The van der Waals surface area contributed by atoms with E-state index in [2.05, 4.69) is 10.3 Å². The number of hydrogen-bond acceptors (Lipinski definition) is 4. The molecule has 0 aliphatic heterocycles. The van der Waals surface area contributed by atoms with Gasteiger partial charge in [0.2, 0.25) is 11.7 Å². The number of nitrogens with one attached hydrogen (secondary N) is 1. The van der Waals surface area contributed by atoms with Gasteiger partial charge in [-0.15, -0.1) is 0 Å². The van der Waals surface area contributed by atoms with Crippen LogP contribution in [-0.4, -0.2) is 20.4 Å². The van der Waals surface area contributed by atoms with Gasteiger partial charge in [-0.2, -0.15) is 13.2 Å². The number of amides is 1. The van der Waals surface area contributed by atoms with Gasteiger partial charge in [0.1, 0.15) is 12.0 Å². The Morgan fingerprint density at radius 2 is 2.08 bits per heavy atom. The largest absolute Gasteiger partial charge is 0.416 e. The smallest absolute Gasteiger partial charge is 0.358 e. The minimum absolute atomic E-state index is 0.000905. The van der Waals surface area contributed by atoms with Gasteiger partial charge >= 0.3 is 12.0 Å². The first kappa shape index (κ1) is 18.4. The zero-order valence-corrected chi connectivity index (χ0v) is 12.8. The Hall–Kier alpha value is -2.98. The van der Waals surface area contributed by atoms with Gasteiger partial charge < -0.3 is 20.0 Å². The lowest BCUT2D eigenvalue weighted by atomic mass is 10.2. The molecule has 1 N–H and O–H groups in total. The van der Waals surface area contributed by atoms with Crippen LogP contribution in [0.3, 0.4) is 0 Å². The topological polar surface area (TPSA) is 90.1 Å². The predicted octanol–water partition coefficient (Wildman–Crippen LogP) is 3.29. The van der Waals surface area contributed by atoms with E-state index in [0.717, 1.165) is 6.20 Å². The van der Waals surface area contributed by atoms with Crippen molar-refractivity contribution in [2.75, 3.05) is 5.32 Å². The summed E-state index contributed by atoms with van der Waals surface area (Å²) >= 11 is 0. The van der Waals surface area contributed by atoms with Crippen molar-refractivity contribution in [2.24, 2.45) is 0 Å². The molecule has 0 aliphatic rings. The molecule has 0 fully saturated rings. The van der Waals surface area contributed by atoms with Crippen LogP contribution in [0.25, 0.3) is 0 Å². The molecule has 134 valence electrons. The fourth-order valence-electron chi connectivity index (χ4n) is 2.04. The summed E-state index contributed by atoms with van der Waals surface area (Å²) < 4.78 is 52.8. The molecule has 7 nitrogen and oxygen atoms in total. The summed E-state index contributed by atoms with van der Waals surface area (Å²) in [5.74, 6) is -1.84. The summed E-state index contributed by atoms with van der Waals surface area (Å²) in [4.78, 5) is 25.4. The zero-order chi connectivity index (χ0) is 18.8. The third-order valence-corrected chi connectivity index (χ3v) is 3.30. The summed E-state index contributed by atoms with van der Waals surface area (Å²) in [5.41, 5.74) is -1.68. The average Bonchev–Trinajstić information content (AvgIpc) is 2.88. The van der Waals surface area contributed by atoms with Crippen LogP contribution >= 0.6 is 0 Å². The molecule has 2 rings (SSSR count). The monoisotopic (exact) mass is 360 g/mol. The maximum absolute atomic E-state index is 13.6. The van der Waals surface area contributed by atoms with E-state index >= 15 is 0 Å². The lowest BCUT2D eigenvalue weighted by Gasteiger charge is -2.11. The lowest BCUT2D eigenvalue weighted by molar-refractivity contribution is -0.389. The first-order valence-electron chi connectivity index (χ1n) is 6.92. The number of carbonyl (C=O) groups is 1. The Morgan fingerprint density at radius 1 is 1.40 bits per heavy atom. The van der Waals surface area contributed by atoms with Gasteiger partial charge in [-0.25, -0.2) is 4.39 Å². The third kappa shape index (κ3) is 4.52. The Bertz CT molecular complexity index is 817. The minimum Gasteiger partial charge on any atom is -0.358 e. The van der Waals surface area contributed by atoms with Crippen LogP contribution < -0.4 is 5.32 Å². The molecule has 0 aliphatic carbocycles. The summed E-state index contributed by atoms with van der Waals surface area (Å²) in [7, 11) is 0. The number of aryl methyl sites for hydroxylation is 2. The highest BCUT2D eigenvalue weighted by atomic mass is 19.4. The molecule has 0 saturated carbocycles. The second kappa shape index (κ2) is 6.87. The van der Waals surface area contributed by atoms with Crippen molar-refractivity contribution >= 4 is 17.4 Å². The number of anilines is 1. The lowest BCUT2D eigenvalue weighted by Crippen LogP contribution is -2.16. The molecule has 1 aromatic heterocycles. The molecular formula is C14H12F4N4O3. The van der Waals surface area contributed by atoms with E-state index in [1.165, 1.54) is 11.5 Å². The number of nitrogens with zero attached hydrogens (tertiary/aromatic N) is 3. The molecule has 0 atom stereocenters. The SMILES string of the molecule is Cc1nc([N+](=O)[O-])cn1CCC(=O)Nc1cc(C(F)(F)F)ccc1F. The average molecular weight is 360 g/mol. The number of rotatable bonds is 5. The Kier molecular flexibility index (Phi) is 5.04. The summed E-state index contributed by atoms with van der Waals surface area (Å²) in [6.07, 6.45) is -3.77. The van der Waals surface area contributed by atoms with Crippen molar-refractivity contribution < 1.29 is 27.3 Å². The molecule has 0 saturated heterocycles. The first-order chi connectivity index (χ1) is 11.6. The fraction of sp³-hybridized carbons (Fsp3) is 0.286. The summed E-state index contributed by atoms with van der Waals surface area (Å²) in [6, 6.07) is 1.68. The van der Waals surface area contributed by atoms with Crippen LogP contribution in [0.5, 0.6) is 0 Å². The van der Waals surface area contributed by atoms with Crippen LogP contribution in [-0.2, 0) is 17.5 Å². The normalized spacial score (nSPS) is 11.4. The van der Waals surface area contributed by atoms with Crippen molar-refractivity contribution in [3.63, 3.8) is 0 Å². The molecular weight excluding hydrogens is 348 g/mol. The minimum atomic E-state index is -4.67. The van der Waals surface area contributed by atoms with E-state index in [9.17, 15) is 32.5 Å². The Balaban J connectivity index is 2.05. The van der Waals surface area contributed by atoms with Gasteiger partial charge in [0.25, 0.3) is 0 Å². The molecule has 0 spiro atoms. The predicted molar refractivity (Wildman–Crippen MR) is 78.3 cm³/mol. The van der Waals surface area contributed by atoms with Gasteiger partial charge in [0.05, 0.1) is 11.3 Å². The van der Waals surface area contributed by atoms with E-state index in [4.69, 9.17) is 0 Å². The van der Waals surface area contributed by atoms with E-state index < -0.39 is 34.1 Å². The summed E-state index contributed by atoms with van der Waals surface area (Å²) in [6.45, 7) is 1.50. The number of carbonyl (C=O) groups excluding carboxylic acids is 1. The Labute approximate surface area is 138 Å². The maximum atomic E-state index is 13.6. The maximum Gasteiger partial charge on any atom is 0.416 e. The molecule has 0 unspecified atom stereocenters. The van der Waals surface area contributed by atoms with Gasteiger partial charge in [0, 0.05) is 19.9 Å². The fourth-order valence-corrected chi connectivity index (χ4v) is 2.04. The second-order valence-electron chi connectivity index (χ2n) is 5.09. The number of imidazole rings is 1. The molecule has 11 heteroatoms. The molecule has 25 heavy (non-hydrogen) atoms. The highest BCUT2D eigenvalue weighted by Gasteiger charge is 2.31. The van der Waals surface area contributed by atoms with Crippen molar-refractivity contribution in [2.45, 2.75) is 26.1 Å². The highest BCUT2D eigenvalue weighted by Crippen LogP contribution is 2.31. The highest BCUT2D eigenvalue weighted by molar-refractivity contribution is 5.90. The number of nitro groups is 1. The number of benzene rings is 1. The molecule has 0 bridgehead atoms. The van der Waals surface area contributed by atoms with Crippen molar-refractivity contribution in [3.8, 4) is 0 Å². The van der Waals surface area contributed by atoms with E-state index in [-0.39, 0.29) is 18.8 Å². The van der Waals surface area contributed by atoms with Crippen LogP contribution in [0, 0.1) is 22.9 Å². The van der Waals surface area contributed by atoms with Crippen LogP contribution in [0.2, 0.25) is 0 Å². The molecule has 1 amide bonds. The third-order valence-electron chi connectivity index (χ3n) is 3.30. The number of halogens is 4. The zero-order valence-electron chi connectivity index (χ0n) is 12.8. The molecule has 1 aromatic carbocycles. The summed E-state index contributed by atoms with van der Waals surface area (Å²) in [5, 5.41) is 12.7. The first-order valence-corrected chi connectivity index (χ1v) is 6.92. The number of alkyl halides is 3. The molecule has 1 heterocycles. The standard InChI is InChI=1S/C14H12F4N4O3/c1-8-19-12(22(24)25)7-21(8)5-4-13(23)20-11-6-9(14(16,17)18)2-3-10(11)15/h2-3,6-7H,4-5H2,1H3,(H,20,23). The van der Waals surface area contributed by atoms with E-state index in [1.54, 1.807) is 0 Å². The van der Waals surface area contributed by atoms with E-state index in [0.29, 0.717) is 24.0 Å². The number of hydrogen-bond donors (Lipinski definition) is 1. The van der Waals surface area contributed by atoms with Crippen LogP contribution in [0.4, 0.5) is 29.1 Å². The van der Waals surface area contributed by atoms with Crippen molar-refractivity contribution in [1.29, 1.82) is 0 Å². The quantitative estimate of drug-likeness (QED) is 0.503. The molecule has 0 radical (unpaired) electrons. The second-order valence-corrected chi connectivity index (χ2v) is 5.09. The molecule has 2 aromatic rings. The Morgan fingerprint density at radius 3 is 2.64 bits per heavy atom. The van der Waals surface area contributed by atoms with Crippen LogP contribution in [0.15, 0.2) is 24.4 Å². The van der Waals surface area contributed by atoms with Gasteiger partial charge in [-0.3, -0.25) is 4.79 Å². The van der Waals surface area contributed by atoms with Crippen LogP contribution in [0.1, 0.15) is 17.8 Å². The van der Waals surface area contributed by atoms with Crippen molar-refractivity contribution in [3.05, 3.63) is 51.7 Å². The van der Waals surface area contributed by atoms with Gasteiger partial charge in [-0.05, 0) is 28.1 Å². The number of aromatic nitrogens is 2. The van der Waals surface area contributed by atoms with Gasteiger partial charge in [-0.1, -0.05) is 0 Å². The van der Waals surface area contributed by atoms with Gasteiger partial charge in [0.15, 0.2) is 0 Å². The van der Waals surface area contributed by atoms with E-state index in [1.807, 2.05) is 0 Å². The van der Waals surface area contributed by atoms with Crippen molar-refractivity contribution in [1.82, 2.24) is 9.55 Å².